The number of amides is 1. The highest BCUT2D eigenvalue weighted by Gasteiger charge is 2.39. The van der Waals surface area contributed by atoms with Crippen molar-refractivity contribution in [2.75, 3.05) is 12.9 Å². The Labute approximate surface area is 158 Å². The molecule has 2 aromatic carbocycles. The highest BCUT2D eigenvalue weighted by atomic mass is 35.5. The van der Waals surface area contributed by atoms with Crippen molar-refractivity contribution in [3.05, 3.63) is 64.7 Å². The van der Waals surface area contributed by atoms with Gasteiger partial charge in [-0.05, 0) is 30.7 Å². The first-order valence-corrected chi connectivity index (χ1v) is 10.6. The molecule has 0 bridgehead atoms. The molecule has 1 aliphatic rings. The highest BCUT2D eigenvalue weighted by molar-refractivity contribution is 7.91. The Morgan fingerprint density at radius 3 is 2.50 bits per heavy atom. The number of ether oxygens (including phenoxy) is 1. The zero-order valence-electron chi connectivity index (χ0n) is 14.5. The minimum Gasteiger partial charge on any atom is -0.491 e. The second-order valence-corrected chi connectivity index (χ2v) is 9.09. The van der Waals surface area contributed by atoms with Gasteiger partial charge in [-0.15, -0.1) is 0 Å². The third kappa shape index (κ3) is 3.86. The van der Waals surface area contributed by atoms with Gasteiger partial charge in [-0.3, -0.25) is 4.79 Å². The van der Waals surface area contributed by atoms with Crippen LogP contribution in [0.4, 0.5) is 0 Å². The van der Waals surface area contributed by atoms with Gasteiger partial charge in [0.05, 0.1) is 12.0 Å². The lowest BCUT2D eigenvalue weighted by atomic mass is 9.98. The van der Waals surface area contributed by atoms with E-state index in [1.165, 1.54) is 6.26 Å². The Bertz CT molecular complexity index is 911. The van der Waals surface area contributed by atoms with Crippen LogP contribution in [0.2, 0.25) is 5.02 Å². The summed E-state index contributed by atoms with van der Waals surface area (Å²) in [5.74, 6) is -0.155. The van der Waals surface area contributed by atoms with Crippen LogP contribution in [0.5, 0.6) is 5.75 Å². The number of halogens is 1. The fourth-order valence-corrected chi connectivity index (χ4v) is 4.71. The molecule has 0 fully saturated rings. The third-order valence-corrected chi connectivity index (χ3v) is 6.32. The molecule has 7 heteroatoms. The number of para-hydroxylation sites is 1. The van der Waals surface area contributed by atoms with Gasteiger partial charge in [-0.1, -0.05) is 41.9 Å². The van der Waals surface area contributed by atoms with Gasteiger partial charge >= 0.3 is 0 Å². The number of hydrogen-bond donors (Lipinski definition) is 1. The van der Waals surface area contributed by atoms with Gasteiger partial charge in [0, 0.05) is 16.8 Å². The van der Waals surface area contributed by atoms with Gasteiger partial charge in [0.25, 0.3) is 0 Å². The predicted molar refractivity (Wildman–Crippen MR) is 101 cm³/mol. The van der Waals surface area contributed by atoms with Gasteiger partial charge in [-0.2, -0.15) is 0 Å². The van der Waals surface area contributed by atoms with Crippen LogP contribution in [-0.2, 0) is 14.6 Å². The number of sulfone groups is 1. The van der Waals surface area contributed by atoms with E-state index < -0.39 is 27.0 Å². The van der Waals surface area contributed by atoms with Crippen LogP contribution >= 0.6 is 11.6 Å². The second-order valence-electron chi connectivity index (χ2n) is 6.49. The second kappa shape index (κ2) is 7.29. The lowest BCUT2D eigenvalue weighted by Gasteiger charge is -2.33. The van der Waals surface area contributed by atoms with E-state index in [-0.39, 0.29) is 12.5 Å². The summed E-state index contributed by atoms with van der Waals surface area (Å²) in [6.07, 6.45) is 1.18. The van der Waals surface area contributed by atoms with E-state index >= 15 is 0 Å². The largest absolute Gasteiger partial charge is 0.491 e. The topological polar surface area (TPSA) is 72.5 Å². The highest BCUT2D eigenvalue weighted by Crippen LogP contribution is 2.37. The van der Waals surface area contributed by atoms with E-state index in [1.54, 1.807) is 55.5 Å². The molecule has 138 valence electrons. The molecule has 0 spiro atoms. The van der Waals surface area contributed by atoms with Crippen LogP contribution in [-0.4, -0.2) is 33.2 Å². The molecule has 26 heavy (non-hydrogen) atoms. The molecule has 1 N–H and O–H groups in total. The SMILES string of the molecule is C[C@H](C(=O)N[C@H]1COc2ccccc2[C@@H]1S(C)(=O)=O)c1ccc(Cl)cc1. The minimum atomic E-state index is -3.44. The summed E-state index contributed by atoms with van der Waals surface area (Å²) >= 11 is 5.88. The summed E-state index contributed by atoms with van der Waals surface area (Å²) in [7, 11) is -3.44. The average Bonchev–Trinajstić information content (AvgIpc) is 2.60. The Morgan fingerprint density at radius 2 is 1.85 bits per heavy atom. The molecule has 2 aromatic rings. The quantitative estimate of drug-likeness (QED) is 0.866. The first-order valence-electron chi connectivity index (χ1n) is 8.24. The van der Waals surface area contributed by atoms with Crippen molar-refractivity contribution < 1.29 is 17.9 Å². The molecule has 0 saturated carbocycles. The number of rotatable bonds is 4. The Morgan fingerprint density at radius 1 is 1.19 bits per heavy atom. The van der Waals surface area contributed by atoms with Crippen molar-refractivity contribution in [2.45, 2.75) is 24.1 Å². The Hall–Kier alpha value is -2.05. The summed E-state index contributed by atoms with van der Waals surface area (Å²) in [6, 6.07) is 13.4. The van der Waals surface area contributed by atoms with Crippen LogP contribution in [0.1, 0.15) is 29.2 Å². The van der Waals surface area contributed by atoms with Crippen LogP contribution < -0.4 is 10.1 Å². The zero-order chi connectivity index (χ0) is 18.9. The number of hydrogen-bond acceptors (Lipinski definition) is 4. The van der Waals surface area contributed by atoms with Gasteiger partial charge in [0.1, 0.15) is 17.6 Å². The number of carbonyl (C=O) groups is 1. The maximum absolute atomic E-state index is 12.7. The summed E-state index contributed by atoms with van der Waals surface area (Å²) in [5, 5.41) is 2.61. The van der Waals surface area contributed by atoms with E-state index in [2.05, 4.69) is 5.32 Å². The van der Waals surface area contributed by atoms with E-state index in [0.717, 1.165) is 5.56 Å². The summed E-state index contributed by atoms with van der Waals surface area (Å²) < 4.78 is 30.5. The van der Waals surface area contributed by atoms with Gasteiger partial charge < -0.3 is 10.1 Å². The van der Waals surface area contributed by atoms with Gasteiger partial charge in [0.15, 0.2) is 9.84 Å². The molecule has 0 unspecified atom stereocenters. The van der Waals surface area contributed by atoms with Crippen LogP contribution in [0.15, 0.2) is 48.5 Å². The van der Waals surface area contributed by atoms with Crippen molar-refractivity contribution in [1.29, 1.82) is 0 Å². The molecule has 1 heterocycles. The Kier molecular flexibility index (Phi) is 5.25. The fourth-order valence-electron chi connectivity index (χ4n) is 3.19. The van der Waals surface area contributed by atoms with Crippen molar-refractivity contribution in [3.8, 4) is 5.75 Å². The first kappa shape index (κ1) is 18.7. The number of fused-ring (bicyclic) bond motifs is 1. The predicted octanol–water partition coefficient (Wildman–Crippen LogP) is 3.11. The lowest BCUT2D eigenvalue weighted by molar-refractivity contribution is -0.123. The average molecular weight is 394 g/mol. The van der Waals surface area contributed by atoms with Crippen molar-refractivity contribution in [2.24, 2.45) is 0 Å². The zero-order valence-corrected chi connectivity index (χ0v) is 16.0. The standard InChI is InChI=1S/C19H20ClNO4S/c1-12(13-7-9-14(20)10-8-13)19(22)21-16-11-25-17-6-4-3-5-15(17)18(16)26(2,23)24/h3-10,12,16,18H,11H2,1-2H3,(H,21,22)/t12-,16-,18-/m0/s1. The minimum absolute atomic E-state index is 0.105. The van der Waals surface area contributed by atoms with Crippen molar-refractivity contribution in [3.63, 3.8) is 0 Å². The number of benzene rings is 2. The maximum Gasteiger partial charge on any atom is 0.227 e. The summed E-state index contributed by atoms with van der Waals surface area (Å²) in [6.45, 7) is 1.87. The van der Waals surface area contributed by atoms with Crippen molar-refractivity contribution >= 4 is 27.3 Å². The summed E-state index contributed by atoms with van der Waals surface area (Å²) in [5.41, 5.74) is 1.38. The van der Waals surface area contributed by atoms with Crippen molar-refractivity contribution in [1.82, 2.24) is 5.32 Å². The molecule has 1 aliphatic heterocycles. The molecule has 3 rings (SSSR count). The molecule has 0 saturated heterocycles. The number of carbonyl (C=O) groups excluding carboxylic acids is 1. The summed E-state index contributed by atoms with van der Waals surface area (Å²) in [4.78, 5) is 12.7. The lowest BCUT2D eigenvalue weighted by Crippen LogP contribution is -2.48. The van der Waals surface area contributed by atoms with Crippen LogP contribution in [0.25, 0.3) is 0 Å². The first-order chi connectivity index (χ1) is 12.3. The van der Waals surface area contributed by atoms with Crippen LogP contribution in [0, 0.1) is 0 Å². The Balaban J connectivity index is 1.84. The van der Waals surface area contributed by atoms with Crippen LogP contribution in [0.3, 0.4) is 0 Å². The maximum atomic E-state index is 12.7. The monoisotopic (exact) mass is 393 g/mol. The van der Waals surface area contributed by atoms with Gasteiger partial charge in [0.2, 0.25) is 5.91 Å². The smallest absolute Gasteiger partial charge is 0.227 e. The number of nitrogens with one attached hydrogen (secondary N) is 1. The molecule has 0 aromatic heterocycles. The van der Waals surface area contributed by atoms with Gasteiger partial charge in [-0.25, -0.2) is 8.42 Å². The molecule has 0 radical (unpaired) electrons. The molecular formula is C19H20ClNO4S. The van der Waals surface area contributed by atoms with E-state index in [0.29, 0.717) is 16.3 Å². The van der Waals surface area contributed by atoms with E-state index in [4.69, 9.17) is 16.3 Å². The molecular weight excluding hydrogens is 374 g/mol. The fraction of sp³-hybridized carbons (Fsp3) is 0.316. The molecule has 3 atom stereocenters. The molecule has 1 amide bonds. The molecule has 5 nitrogen and oxygen atoms in total. The van der Waals surface area contributed by atoms with E-state index in [9.17, 15) is 13.2 Å². The molecule has 0 aliphatic carbocycles. The normalized spacial score (nSPS) is 20.6. The third-order valence-electron chi connectivity index (χ3n) is 4.56. The van der Waals surface area contributed by atoms with E-state index in [1.807, 2.05) is 0 Å².